The molecule has 0 saturated heterocycles. The summed E-state index contributed by atoms with van der Waals surface area (Å²) in [4.78, 5) is 4.20. The summed E-state index contributed by atoms with van der Waals surface area (Å²) in [6, 6.07) is 2.05. The molecule has 0 saturated carbocycles. The molecule has 13 heavy (non-hydrogen) atoms. The van der Waals surface area contributed by atoms with E-state index in [0.29, 0.717) is 0 Å². The lowest BCUT2D eigenvalue weighted by molar-refractivity contribution is 0.595. The molecule has 0 aromatic carbocycles. The number of hydrogen-bond acceptors (Lipinski definition) is 2. The van der Waals surface area contributed by atoms with Crippen molar-refractivity contribution in [3.8, 4) is 0 Å². The zero-order valence-corrected chi connectivity index (χ0v) is 8.13. The van der Waals surface area contributed by atoms with Crippen LogP contribution in [0, 0.1) is 0 Å². The number of rotatable bonds is 0. The van der Waals surface area contributed by atoms with E-state index in [0.717, 1.165) is 11.0 Å². The standard InChI is InChI=1S/C10H13N3/c1-10(2,3)8-4-5-11-9-7(8)6-12-13-9/h4-6H,1-3H3,(H,11,12,13). The minimum atomic E-state index is 0.144. The molecule has 1 N–H and O–H groups in total. The quantitative estimate of drug-likeness (QED) is 0.667. The van der Waals surface area contributed by atoms with Gasteiger partial charge in [0, 0.05) is 11.6 Å². The first-order valence-electron chi connectivity index (χ1n) is 4.37. The van der Waals surface area contributed by atoms with Gasteiger partial charge in [0.25, 0.3) is 0 Å². The molecular weight excluding hydrogens is 162 g/mol. The molecule has 0 aliphatic heterocycles. The third kappa shape index (κ3) is 1.30. The summed E-state index contributed by atoms with van der Waals surface area (Å²) in [5.41, 5.74) is 2.30. The molecule has 0 spiro atoms. The fourth-order valence-corrected chi connectivity index (χ4v) is 1.50. The molecule has 0 atom stereocenters. The molecule has 0 aliphatic carbocycles. The van der Waals surface area contributed by atoms with E-state index in [1.54, 1.807) is 0 Å². The zero-order chi connectivity index (χ0) is 9.47. The van der Waals surface area contributed by atoms with Crippen molar-refractivity contribution in [3.05, 3.63) is 24.0 Å². The fourth-order valence-electron chi connectivity index (χ4n) is 1.50. The number of aromatic amines is 1. The van der Waals surface area contributed by atoms with Gasteiger partial charge in [-0.1, -0.05) is 20.8 Å². The molecule has 0 aliphatic rings. The maximum atomic E-state index is 4.20. The van der Waals surface area contributed by atoms with Crippen molar-refractivity contribution in [1.29, 1.82) is 0 Å². The smallest absolute Gasteiger partial charge is 0.155 e. The van der Waals surface area contributed by atoms with Crippen LogP contribution in [0.2, 0.25) is 0 Å². The van der Waals surface area contributed by atoms with E-state index in [4.69, 9.17) is 0 Å². The van der Waals surface area contributed by atoms with Crippen LogP contribution in [0.5, 0.6) is 0 Å². The van der Waals surface area contributed by atoms with Gasteiger partial charge >= 0.3 is 0 Å². The van der Waals surface area contributed by atoms with Crippen LogP contribution < -0.4 is 0 Å². The molecule has 0 amide bonds. The van der Waals surface area contributed by atoms with E-state index in [-0.39, 0.29) is 5.41 Å². The Labute approximate surface area is 77.2 Å². The van der Waals surface area contributed by atoms with Crippen LogP contribution >= 0.6 is 0 Å². The van der Waals surface area contributed by atoms with Crippen LogP contribution in [-0.2, 0) is 5.41 Å². The Morgan fingerprint density at radius 3 is 2.77 bits per heavy atom. The highest BCUT2D eigenvalue weighted by Crippen LogP contribution is 2.27. The Bertz CT molecular complexity index is 423. The SMILES string of the molecule is CC(C)(C)c1ccnc2[nH]ncc12. The largest absolute Gasteiger partial charge is 0.261 e. The third-order valence-corrected chi connectivity index (χ3v) is 2.16. The predicted octanol–water partition coefficient (Wildman–Crippen LogP) is 2.26. The van der Waals surface area contributed by atoms with E-state index in [1.807, 2.05) is 12.4 Å². The molecule has 2 heterocycles. The van der Waals surface area contributed by atoms with E-state index >= 15 is 0 Å². The Hall–Kier alpha value is -1.38. The number of nitrogens with one attached hydrogen (secondary N) is 1. The van der Waals surface area contributed by atoms with Gasteiger partial charge in [0.15, 0.2) is 5.65 Å². The Morgan fingerprint density at radius 2 is 2.08 bits per heavy atom. The average molecular weight is 175 g/mol. The first-order chi connectivity index (χ1) is 6.09. The molecule has 3 heteroatoms. The van der Waals surface area contributed by atoms with Gasteiger partial charge in [-0.25, -0.2) is 4.98 Å². The summed E-state index contributed by atoms with van der Waals surface area (Å²) >= 11 is 0. The second kappa shape index (κ2) is 2.55. The topological polar surface area (TPSA) is 41.6 Å². The lowest BCUT2D eigenvalue weighted by atomic mass is 9.86. The number of fused-ring (bicyclic) bond motifs is 1. The van der Waals surface area contributed by atoms with E-state index in [9.17, 15) is 0 Å². The highest BCUT2D eigenvalue weighted by Gasteiger charge is 2.17. The van der Waals surface area contributed by atoms with Gasteiger partial charge in [-0.15, -0.1) is 0 Å². The molecule has 2 aromatic heterocycles. The van der Waals surface area contributed by atoms with Gasteiger partial charge in [0.2, 0.25) is 0 Å². The van der Waals surface area contributed by atoms with E-state index < -0.39 is 0 Å². The Balaban J connectivity index is 2.75. The van der Waals surface area contributed by atoms with Crippen molar-refractivity contribution >= 4 is 11.0 Å². The highest BCUT2D eigenvalue weighted by atomic mass is 15.1. The second-order valence-corrected chi connectivity index (χ2v) is 4.24. The molecule has 0 unspecified atom stereocenters. The van der Waals surface area contributed by atoms with Gasteiger partial charge in [-0.3, -0.25) is 5.10 Å². The van der Waals surface area contributed by atoms with Crippen LogP contribution in [0.15, 0.2) is 18.5 Å². The van der Waals surface area contributed by atoms with Gasteiger partial charge in [-0.05, 0) is 17.0 Å². The fraction of sp³-hybridized carbons (Fsp3) is 0.400. The summed E-state index contributed by atoms with van der Waals surface area (Å²) in [6.45, 7) is 6.57. The van der Waals surface area contributed by atoms with Crippen LogP contribution in [0.1, 0.15) is 26.3 Å². The molecule has 2 rings (SSSR count). The molecule has 0 fully saturated rings. The number of pyridine rings is 1. The van der Waals surface area contributed by atoms with Crippen LogP contribution in [0.4, 0.5) is 0 Å². The summed E-state index contributed by atoms with van der Waals surface area (Å²) in [5.74, 6) is 0. The monoisotopic (exact) mass is 175 g/mol. The van der Waals surface area contributed by atoms with Crippen LogP contribution in [0.3, 0.4) is 0 Å². The van der Waals surface area contributed by atoms with Crippen molar-refractivity contribution in [2.45, 2.75) is 26.2 Å². The predicted molar refractivity (Wildman–Crippen MR) is 52.6 cm³/mol. The van der Waals surface area contributed by atoms with Crippen molar-refractivity contribution < 1.29 is 0 Å². The minimum absolute atomic E-state index is 0.144. The molecule has 2 aromatic rings. The zero-order valence-electron chi connectivity index (χ0n) is 8.13. The number of hydrogen-bond donors (Lipinski definition) is 1. The third-order valence-electron chi connectivity index (χ3n) is 2.16. The van der Waals surface area contributed by atoms with E-state index in [2.05, 4.69) is 42.0 Å². The Morgan fingerprint density at radius 1 is 1.31 bits per heavy atom. The average Bonchev–Trinajstić information content (AvgIpc) is 2.48. The Kier molecular flexibility index (Phi) is 1.62. The van der Waals surface area contributed by atoms with Crippen LogP contribution in [0.25, 0.3) is 11.0 Å². The first kappa shape index (κ1) is 8.23. The van der Waals surface area contributed by atoms with Crippen molar-refractivity contribution in [3.63, 3.8) is 0 Å². The van der Waals surface area contributed by atoms with Gasteiger partial charge < -0.3 is 0 Å². The molecule has 0 radical (unpaired) electrons. The number of nitrogens with zero attached hydrogens (tertiary/aromatic N) is 2. The normalized spacial score (nSPS) is 12.2. The van der Waals surface area contributed by atoms with Gasteiger partial charge in [-0.2, -0.15) is 5.10 Å². The summed E-state index contributed by atoms with van der Waals surface area (Å²) < 4.78 is 0. The van der Waals surface area contributed by atoms with Crippen molar-refractivity contribution in [1.82, 2.24) is 15.2 Å². The molecule has 0 bridgehead atoms. The summed E-state index contributed by atoms with van der Waals surface area (Å²) in [6.07, 6.45) is 3.66. The molecule has 3 nitrogen and oxygen atoms in total. The first-order valence-corrected chi connectivity index (χ1v) is 4.37. The lowest BCUT2D eigenvalue weighted by Gasteiger charge is -2.19. The maximum Gasteiger partial charge on any atom is 0.155 e. The van der Waals surface area contributed by atoms with Crippen LogP contribution in [-0.4, -0.2) is 15.2 Å². The summed E-state index contributed by atoms with van der Waals surface area (Å²) in [5, 5.41) is 7.98. The minimum Gasteiger partial charge on any atom is -0.261 e. The molecule has 68 valence electrons. The van der Waals surface area contributed by atoms with E-state index in [1.165, 1.54) is 5.56 Å². The van der Waals surface area contributed by atoms with Crippen molar-refractivity contribution in [2.75, 3.05) is 0 Å². The molecular formula is C10H13N3. The second-order valence-electron chi connectivity index (χ2n) is 4.24. The van der Waals surface area contributed by atoms with Gasteiger partial charge in [0.1, 0.15) is 0 Å². The number of aromatic nitrogens is 3. The number of H-pyrrole nitrogens is 1. The van der Waals surface area contributed by atoms with Crippen molar-refractivity contribution in [2.24, 2.45) is 0 Å². The highest BCUT2D eigenvalue weighted by molar-refractivity contribution is 5.78. The van der Waals surface area contributed by atoms with Gasteiger partial charge in [0.05, 0.1) is 6.20 Å². The lowest BCUT2D eigenvalue weighted by Crippen LogP contribution is -2.11. The maximum absolute atomic E-state index is 4.20. The summed E-state index contributed by atoms with van der Waals surface area (Å²) in [7, 11) is 0.